The number of hydrogen-bond acceptors (Lipinski definition) is 5. The Morgan fingerprint density at radius 3 is 2.68 bits per heavy atom. The normalized spacial score (nSPS) is 12.3. The van der Waals surface area contributed by atoms with Crippen LogP contribution in [0.1, 0.15) is 39.2 Å². The van der Waals surface area contributed by atoms with Crippen molar-refractivity contribution in [2.75, 3.05) is 6.54 Å². The highest BCUT2D eigenvalue weighted by molar-refractivity contribution is 5.81. The van der Waals surface area contributed by atoms with Crippen LogP contribution >= 0.6 is 0 Å². The van der Waals surface area contributed by atoms with Gasteiger partial charge in [-0.1, -0.05) is 26.0 Å². The molecule has 134 valence electrons. The van der Waals surface area contributed by atoms with Gasteiger partial charge < -0.3 is 15.2 Å². The number of nitrogens with zero attached hydrogens (tertiary/aromatic N) is 2. The molecular formula is C18H22N3O4-. The van der Waals surface area contributed by atoms with E-state index in [0.717, 1.165) is 0 Å². The SMILES string of the molecule is CC(C)C[C@H](C(=O)NCCCC(=O)[O-])n1cnc2ccccc2c1=O. The van der Waals surface area contributed by atoms with Crippen LogP contribution in [-0.2, 0) is 9.59 Å². The number of para-hydroxylation sites is 1. The second-order valence-corrected chi connectivity index (χ2v) is 6.39. The monoisotopic (exact) mass is 344 g/mol. The van der Waals surface area contributed by atoms with Gasteiger partial charge in [-0.05, 0) is 37.3 Å². The van der Waals surface area contributed by atoms with Crippen LogP contribution in [0.2, 0.25) is 0 Å². The van der Waals surface area contributed by atoms with Crippen molar-refractivity contribution in [3.8, 4) is 0 Å². The largest absolute Gasteiger partial charge is 0.550 e. The first-order chi connectivity index (χ1) is 11.9. The molecule has 1 N–H and O–H groups in total. The van der Waals surface area contributed by atoms with E-state index >= 15 is 0 Å². The zero-order valence-corrected chi connectivity index (χ0v) is 14.4. The standard InChI is InChI=1S/C18H23N3O4/c1-12(2)10-15(17(24)19-9-5-8-16(22)23)21-11-20-14-7-4-3-6-13(14)18(21)25/h3-4,6-7,11-12,15H,5,8-10H2,1-2H3,(H,19,24)(H,22,23)/p-1/t15-/m1/s1. The molecule has 0 spiro atoms. The van der Waals surface area contributed by atoms with Crippen LogP contribution in [0.15, 0.2) is 35.4 Å². The van der Waals surface area contributed by atoms with Crippen molar-refractivity contribution in [1.82, 2.24) is 14.9 Å². The van der Waals surface area contributed by atoms with E-state index in [4.69, 9.17) is 0 Å². The molecule has 0 aliphatic heterocycles. The fourth-order valence-corrected chi connectivity index (χ4v) is 2.66. The van der Waals surface area contributed by atoms with Gasteiger partial charge in [-0.15, -0.1) is 0 Å². The van der Waals surface area contributed by atoms with E-state index in [1.165, 1.54) is 10.9 Å². The summed E-state index contributed by atoms with van der Waals surface area (Å²) >= 11 is 0. The fourth-order valence-electron chi connectivity index (χ4n) is 2.66. The Hall–Kier alpha value is -2.70. The van der Waals surface area contributed by atoms with E-state index in [0.29, 0.717) is 17.3 Å². The number of aromatic nitrogens is 2. The van der Waals surface area contributed by atoms with Crippen LogP contribution in [0.4, 0.5) is 0 Å². The summed E-state index contributed by atoms with van der Waals surface area (Å²) in [5.41, 5.74) is 0.322. The molecule has 0 saturated heterocycles. The summed E-state index contributed by atoms with van der Waals surface area (Å²) in [4.78, 5) is 40.0. The Labute approximate surface area is 145 Å². The smallest absolute Gasteiger partial charge is 0.261 e. The predicted molar refractivity (Wildman–Crippen MR) is 91.7 cm³/mol. The Morgan fingerprint density at radius 2 is 2.00 bits per heavy atom. The van der Waals surface area contributed by atoms with Crippen LogP contribution < -0.4 is 16.0 Å². The number of carbonyl (C=O) groups excluding carboxylic acids is 2. The topological polar surface area (TPSA) is 104 Å². The molecule has 1 heterocycles. The molecule has 25 heavy (non-hydrogen) atoms. The fraction of sp³-hybridized carbons (Fsp3) is 0.444. The Bertz CT molecular complexity index is 813. The number of benzene rings is 1. The average Bonchev–Trinajstić information content (AvgIpc) is 2.57. The van der Waals surface area contributed by atoms with Crippen molar-refractivity contribution in [2.45, 2.75) is 39.2 Å². The van der Waals surface area contributed by atoms with Crippen LogP contribution in [0, 0.1) is 5.92 Å². The number of carboxylic acids is 1. The zero-order valence-electron chi connectivity index (χ0n) is 14.4. The van der Waals surface area contributed by atoms with E-state index in [2.05, 4.69) is 10.3 Å². The third-order valence-corrected chi connectivity index (χ3v) is 3.88. The quantitative estimate of drug-likeness (QED) is 0.707. The lowest BCUT2D eigenvalue weighted by Gasteiger charge is -2.21. The molecule has 7 heteroatoms. The second-order valence-electron chi connectivity index (χ2n) is 6.39. The molecule has 0 aliphatic rings. The van der Waals surface area contributed by atoms with Gasteiger partial charge in [-0.2, -0.15) is 0 Å². The minimum atomic E-state index is -1.15. The van der Waals surface area contributed by atoms with Crippen LogP contribution in [0.3, 0.4) is 0 Å². The number of fused-ring (bicyclic) bond motifs is 1. The summed E-state index contributed by atoms with van der Waals surface area (Å²) in [6.45, 7) is 4.16. The first-order valence-corrected chi connectivity index (χ1v) is 8.33. The highest BCUT2D eigenvalue weighted by Crippen LogP contribution is 2.17. The second kappa shape index (κ2) is 8.41. The minimum Gasteiger partial charge on any atom is -0.550 e. The number of amides is 1. The molecule has 1 amide bonds. The van der Waals surface area contributed by atoms with E-state index in [1.807, 2.05) is 13.8 Å². The third kappa shape index (κ3) is 4.89. The highest BCUT2D eigenvalue weighted by atomic mass is 16.4. The number of carboxylic acid groups (broad SMARTS) is 1. The number of carbonyl (C=O) groups is 2. The van der Waals surface area contributed by atoms with Crippen LogP contribution in [0.5, 0.6) is 0 Å². The van der Waals surface area contributed by atoms with E-state index in [-0.39, 0.29) is 36.8 Å². The summed E-state index contributed by atoms with van der Waals surface area (Å²) in [5.74, 6) is -1.27. The minimum absolute atomic E-state index is 0.118. The number of hydrogen-bond donors (Lipinski definition) is 1. The van der Waals surface area contributed by atoms with Crippen molar-refractivity contribution in [2.24, 2.45) is 5.92 Å². The molecule has 2 aromatic rings. The molecule has 0 radical (unpaired) electrons. The van der Waals surface area contributed by atoms with Crippen LogP contribution in [-0.4, -0.2) is 28.0 Å². The predicted octanol–water partition coefficient (Wildman–Crippen LogP) is 0.630. The maximum Gasteiger partial charge on any atom is 0.261 e. The maximum absolute atomic E-state index is 12.7. The average molecular weight is 344 g/mol. The van der Waals surface area contributed by atoms with E-state index < -0.39 is 12.0 Å². The molecule has 0 saturated carbocycles. The number of rotatable bonds is 8. The molecule has 1 aromatic heterocycles. The van der Waals surface area contributed by atoms with Crippen molar-refractivity contribution in [1.29, 1.82) is 0 Å². The molecular weight excluding hydrogens is 322 g/mol. The van der Waals surface area contributed by atoms with Crippen LogP contribution in [0.25, 0.3) is 10.9 Å². The van der Waals surface area contributed by atoms with Gasteiger partial charge in [-0.3, -0.25) is 14.2 Å². The molecule has 0 fully saturated rings. The number of aliphatic carboxylic acids is 1. The first kappa shape index (κ1) is 18.6. The maximum atomic E-state index is 12.7. The number of nitrogens with one attached hydrogen (secondary N) is 1. The zero-order chi connectivity index (χ0) is 18.4. The molecule has 0 unspecified atom stereocenters. The summed E-state index contributed by atoms with van der Waals surface area (Å²) in [6, 6.07) is 6.30. The van der Waals surface area contributed by atoms with Gasteiger partial charge in [-0.25, -0.2) is 4.98 Å². The van der Waals surface area contributed by atoms with Crippen molar-refractivity contribution in [3.63, 3.8) is 0 Å². The summed E-state index contributed by atoms with van der Waals surface area (Å²) < 4.78 is 1.36. The molecule has 7 nitrogen and oxygen atoms in total. The molecule has 1 aromatic carbocycles. The summed E-state index contributed by atoms with van der Waals surface area (Å²) in [7, 11) is 0. The first-order valence-electron chi connectivity index (χ1n) is 8.33. The van der Waals surface area contributed by atoms with Crippen molar-refractivity contribution >= 4 is 22.8 Å². The third-order valence-electron chi connectivity index (χ3n) is 3.88. The Balaban J connectivity index is 2.25. The van der Waals surface area contributed by atoms with Crippen molar-refractivity contribution < 1.29 is 14.7 Å². The summed E-state index contributed by atoms with van der Waals surface area (Å²) in [6.07, 6.45) is 2.05. The van der Waals surface area contributed by atoms with Gasteiger partial charge in [0.25, 0.3) is 5.56 Å². The molecule has 0 aliphatic carbocycles. The summed E-state index contributed by atoms with van der Waals surface area (Å²) in [5, 5.41) is 13.6. The van der Waals surface area contributed by atoms with E-state index in [1.54, 1.807) is 24.3 Å². The van der Waals surface area contributed by atoms with Gasteiger partial charge in [0.15, 0.2) is 0 Å². The Kier molecular flexibility index (Phi) is 6.27. The lowest BCUT2D eigenvalue weighted by Crippen LogP contribution is -2.38. The van der Waals surface area contributed by atoms with Gasteiger partial charge >= 0.3 is 0 Å². The molecule has 0 bridgehead atoms. The van der Waals surface area contributed by atoms with Gasteiger partial charge in [0.1, 0.15) is 6.04 Å². The molecule has 1 atom stereocenters. The molecule has 2 rings (SSSR count). The highest BCUT2D eigenvalue weighted by Gasteiger charge is 2.23. The van der Waals surface area contributed by atoms with Crippen molar-refractivity contribution in [3.05, 3.63) is 40.9 Å². The lowest BCUT2D eigenvalue weighted by molar-refractivity contribution is -0.305. The van der Waals surface area contributed by atoms with Gasteiger partial charge in [0, 0.05) is 12.5 Å². The lowest BCUT2D eigenvalue weighted by atomic mass is 10.0. The van der Waals surface area contributed by atoms with Gasteiger partial charge in [0.05, 0.1) is 17.2 Å². The van der Waals surface area contributed by atoms with E-state index in [9.17, 15) is 19.5 Å². The Morgan fingerprint density at radius 1 is 1.28 bits per heavy atom. The van der Waals surface area contributed by atoms with Gasteiger partial charge in [0.2, 0.25) is 5.91 Å².